The summed E-state index contributed by atoms with van der Waals surface area (Å²) >= 11 is 0. The van der Waals surface area contributed by atoms with Crippen LogP contribution in [0.25, 0.3) is 0 Å². The first-order chi connectivity index (χ1) is 11.8. The molecule has 1 spiro atoms. The van der Waals surface area contributed by atoms with Gasteiger partial charge in [-0.3, -0.25) is 0 Å². The van der Waals surface area contributed by atoms with Gasteiger partial charge in [0.05, 0.1) is 13.2 Å². The van der Waals surface area contributed by atoms with Crippen molar-refractivity contribution in [2.45, 2.75) is 84.0 Å². The first-order valence-corrected chi connectivity index (χ1v) is 10.6. The number of allylic oxidation sites excluding steroid dienone is 1. The topological polar surface area (TPSA) is 44.5 Å². The summed E-state index contributed by atoms with van der Waals surface area (Å²) in [5.74, 6) is 1.28. The highest BCUT2D eigenvalue weighted by Crippen LogP contribution is 2.73. The molecule has 0 bridgehead atoms. The maximum atomic E-state index is 6.31. The van der Waals surface area contributed by atoms with E-state index in [1.807, 2.05) is 0 Å². The van der Waals surface area contributed by atoms with Crippen molar-refractivity contribution < 1.29 is 9.47 Å². The third kappa shape index (κ3) is 1.88. The van der Waals surface area contributed by atoms with Crippen LogP contribution in [-0.4, -0.2) is 25.0 Å². The first-order valence-electron chi connectivity index (χ1n) is 10.6. The van der Waals surface area contributed by atoms with Gasteiger partial charge in [-0.15, -0.1) is 0 Å². The van der Waals surface area contributed by atoms with E-state index in [4.69, 9.17) is 15.2 Å². The second-order valence-corrected chi connectivity index (χ2v) is 10.3. The molecule has 5 aliphatic rings. The van der Waals surface area contributed by atoms with Gasteiger partial charge in [0.2, 0.25) is 0 Å². The summed E-state index contributed by atoms with van der Waals surface area (Å²) in [6.07, 6.45) is 12.4. The monoisotopic (exact) mass is 345 g/mol. The van der Waals surface area contributed by atoms with Crippen molar-refractivity contribution >= 4 is 0 Å². The molecule has 25 heavy (non-hydrogen) atoms. The van der Waals surface area contributed by atoms with Crippen LogP contribution in [0.3, 0.4) is 0 Å². The van der Waals surface area contributed by atoms with Crippen molar-refractivity contribution in [3.05, 3.63) is 11.6 Å². The highest BCUT2D eigenvalue weighted by atomic mass is 16.7. The molecule has 5 rings (SSSR count). The van der Waals surface area contributed by atoms with E-state index in [1.165, 1.54) is 38.5 Å². The Morgan fingerprint density at radius 2 is 1.72 bits per heavy atom. The van der Waals surface area contributed by atoms with Crippen molar-refractivity contribution in [3.63, 3.8) is 0 Å². The summed E-state index contributed by atoms with van der Waals surface area (Å²) in [5.41, 5.74) is 8.85. The van der Waals surface area contributed by atoms with Crippen LogP contribution >= 0.6 is 0 Å². The van der Waals surface area contributed by atoms with Gasteiger partial charge in [0.25, 0.3) is 0 Å². The van der Waals surface area contributed by atoms with Gasteiger partial charge in [-0.25, -0.2) is 0 Å². The van der Waals surface area contributed by atoms with Gasteiger partial charge in [-0.05, 0) is 67.6 Å². The Kier molecular flexibility index (Phi) is 3.43. The molecule has 2 N–H and O–H groups in total. The Labute approximate surface area is 152 Å². The highest BCUT2D eigenvalue weighted by molar-refractivity contribution is 5.28. The predicted molar refractivity (Wildman–Crippen MR) is 98.9 cm³/mol. The zero-order valence-electron chi connectivity index (χ0n) is 16.3. The zero-order valence-corrected chi connectivity index (χ0v) is 16.3. The lowest BCUT2D eigenvalue weighted by Crippen LogP contribution is -2.59. The lowest BCUT2D eigenvalue weighted by atomic mass is 9.43. The lowest BCUT2D eigenvalue weighted by molar-refractivity contribution is -0.260. The van der Waals surface area contributed by atoms with Crippen LogP contribution in [0.4, 0.5) is 0 Å². The van der Waals surface area contributed by atoms with Gasteiger partial charge in [0.15, 0.2) is 5.79 Å². The molecule has 0 radical (unpaired) electrons. The second kappa shape index (κ2) is 5.11. The van der Waals surface area contributed by atoms with E-state index in [0.717, 1.165) is 37.9 Å². The van der Waals surface area contributed by atoms with Gasteiger partial charge >= 0.3 is 0 Å². The second-order valence-electron chi connectivity index (χ2n) is 10.3. The molecule has 3 nitrogen and oxygen atoms in total. The Morgan fingerprint density at radius 3 is 2.48 bits per heavy atom. The summed E-state index contributed by atoms with van der Waals surface area (Å²) < 4.78 is 12.6. The molecule has 4 fully saturated rings. The molecule has 1 aliphatic heterocycles. The van der Waals surface area contributed by atoms with Crippen LogP contribution in [0.5, 0.6) is 0 Å². The van der Waals surface area contributed by atoms with Crippen LogP contribution in [0.15, 0.2) is 11.6 Å². The quantitative estimate of drug-likeness (QED) is 0.661. The average Bonchev–Trinajstić information content (AvgIpc) is 3.15. The summed E-state index contributed by atoms with van der Waals surface area (Å²) in [6.45, 7) is 9.17. The molecule has 0 aromatic heterocycles. The third-order valence-electron chi connectivity index (χ3n) is 9.77. The molecule has 1 heterocycles. The van der Waals surface area contributed by atoms with E-state index in [1.54, 1.807) is 5.57 Å². The molecule has 0 aromatic rings. The predicted octanol–water partition coefficient (Wildman–Crippen LogP) is 4.41. The van der Waals surface area contributed by atoms with Crippen molar-refractivity contribution in [2.24, 2.45) is 33.8 Å². The molecule has 6 atom stereocenters. The number of ether oxygens (including phenoxy) is 2. The summed E-state index contributed by atoms with van der Waals surface area (Å²) in [5, 5.41) is 0. The van der Waals surface area contributed by atoms with Crippen LogP contribution in [-0.2, 0) is 9.47 Å². The molecule has 3 saturated carbocycles. The van der Waals surface area contributed by atoms with Gasteiger partial charge in [0.1, 0.15) is 0 Å². The van der Waals surface area contributed by atoms with E-state index >= 15 is 0 Å². The number of hydrogen-bond donors (Lipinski definition) is 1. The lowest BCUT2D eigenvalue weighted by Gasteiger charge is -2.63. The van der Waals surface area contributed by atoms with E-state index in [0.29, 0.717) is 16.9 Å². The molecule has 4 aliphatic carbocycles. The van der Waals surface area contributed by atoms with Gasteiger partial charge < -0.3 is 15.2 Å². The minimum absolute atomic E-state index is 0.157. The SMILES string of the molecule is C[C@]12CC[C@H](N)CC1=CC[C@@H]1C2CC[C@]2(C)C3(CC[C@@]12C)OCCO3. The largest absolute Gasteiger partial charge is 0.347 e. The van der Waals surface area contributed by atoms with Crippen LogP contribution in [0, 0.1) is 28.1 Å². The third-order valence-corrected chi connectivity index (χ3v) is 9.77. The summed E-state index contributed by atoms with van der Waals surface area (Å²) in [4.78, 5) is 0. The van der Waals surface area contributed by atoms with Crippen molar-refractivity contribution in [3.8, 4) is 0 Å². The van der Waals surface area contributed by atoms with E-state index in [9.17, 15) is 0 Å². The molecule has 1 unspecified atom stereocenters. The number of hydrogen-bond acceptors (Lipinski definition) is 3. The van der Waals surface area contributed by atoms with E-state index in [2.05, 4.69) is 26.8 Å². The minimum Gasteiger partial charge on any atom is -0.347 e. The van der Waals surface area contributed by atoms with Gasteiger partial charge in [-0.2, -0.15) is 0 Å². The molecule has 0 aromatic carbocycles. The molecule has 1 saturated heterocycles. The van der Waals surface area contributed by atoms with Crippen LogP contribution in [0.2, 0.25) is 0 Å². The minimum atomic E-state index is -0.299. The van der Waals surface area contributed by atoms with Crippen LogP contribution in [0.1, 0.15) is 72.1 Å². The Bertz CT molecular complexity index is 609. The van der Waals surface area contributed by atoms with E-state index < -0.39 is 0 Å². The van der Waals surface area contributed by atoms with Crippen molar-refractivity contribution in [2.75, 3.05) is 13.2 Å². The standard InChI is InChI=1S/C22H35NO2/c1-19-8-6-16(23)14-15(19)4-5-18-17(19)7-9-21(3)20(18,2)10-11-22(21)24-12-13-25-22/h4,16-18H,5-14,23H2,1-3H3/t16-,17?,18+,19-,20-,21-/m0/s1. The molecule has 140 valence electrons. The van der Waals surface area contributed by atoms with Crippen molar-refractivity contribution in [1.82, 2.24) is 0 Å². The number of rotatable bonds is 0. The van der Waals surface area contributed by atoms with Gasteiger partial charge in [0, 0.05) is 17.9 Å². The van der Waals surface area contributed by atoms with E-state index in [-0.39, 0.29) is 11.2 Å². The zero-order chi connectivity index (χ0) is 17.5. The summed E-state index contributed by atoms with van der Waals surface area (Å²) in [6, 6.07) is 0.385. The maximum absolute atomic E-state index is 6.31. The maximum Gasteiger partial charge on any atom is 0.174 e. The number of fused-ring (bicyclic) bond motifs is 6. The first kappa shape index (κ1) is 16.8. The number of nitrogens with two attached hydrogens (primary N) is 1. The fourth-order valence-corrected chi connectivity index (χ4v) is 7.95. The normalized spacial score (nSPS) is 53.9. The molecular weight excluding hydrogens is 310 g/mol. The average molecular weight is 346 g/mol. The fourth-order valence-electron chi connectivity index (χ4n) is 7.95. The van der Waals surface area contributed by atoms with Crippen molar-refractivity contribution in [1.29, 1.82) is 0 Å². The molecule has 0 amide bonds. The highest BCUT2D eigenvalue weighted by Gasteiger charge is 2.71. The Balaban J connectivity index is 1.54. The van der Waals surface area contributed by atoms with Crippen LogP contribution < -0.4 is 5.73 Å². The Hall–Kier alpha value is -0.380. The fraction of sp³-hybridized carbons (Fsp3) is 0.909. The molecular formula is C22H35NO2. The summed E-state index contributed by atoms with van der Waals surface area (Å²) in [7, 11) is 0. The smallest absolute Gasteiger partial charge is 0.174 e. The Morgan fingerprint density at radius 1 is 0.960 bits per heavy atom. The molecule has 3 heteroatoms. The van der Waals surface area contributed by atoms with Gasteiger partial charge in [-0.1, -0.05) is 32.4 Å².